The predicted molar refractivity (Wildman–Crippen MR) is 126 cm³/mol. The van der Waals surface area contributed by atoms with Gasteiger partial charge >= 0.3 is 5.97 Å². The summed E-state index contributed by atoms with van der Waals surface area (Å²) in [4.78, 5) is 22.0. The van der Waals surface area contributed by atoms with Gasteiger partial charge in [-0.25, -0.2) is 14.8 Å². The molecule has 0 N–H and O–H groups in total. The lowest BCUT2D eigenvalue weighted by Crippen LogP contribution is -2.12. The molecule has 162 valence electrons. The average Bonchev–Trinajstić information content (AvgIpc) is 3.48. The molecule has 0 atom stereocenters. The monoisotopic (exact) mass is 445 g/mol. The molecule has 0 aliphatic rings. The first kappa shape index (κ1) is 21.5. The Morgan fingerprint density at radius 1 is 1.16 bits per heavy atom. The van der Waals surface area contributed by atoms with Crippen LogP contribution in [0.4, 0.5) is 0 Å². The molecule has 32 heavy (non-hydrogen) atoms. The van der Waals surface area contributed by atoms with Crippen molar-refractivity contribution in [2.45, 2.75) is 13.5 Å². The Bertz CT molecular complexity index is 1230. The normalized spacial score (nSPS) is 11.4. The van der Waals surface area contributed by atoms with Crippen molar-refractivity contribution >= 4 is 29.0 Å². The molecule has 0 saturated heterocycles. The Kier molecular flexibility index (Phi) is 6.77. The van der Waals surface area contributed by atoms with Gasteiger partial charge in [-0.05, 0) is 30.7 Å². The van der Waals surface area contributed by atoms with Gasteiger partial charge in [0, 0.05) is 29.9 Å². The number of rotatable bonds is 8. The summed E-state index contributed by atoms with van der Waals surface area (Å²) in [6, 6.07) is 17.8. The van der Waals surface area contributed by atoms with Crippen LogP contribution in [-0.2, 0) is 16.1 Å². The molecule has 0 amide bonds. The number of esters is 1. The smallest absolute Gasteiger partial charge is 0.341 e. The summed E-state index contributed by atoms with van der Waals surface area (Å²) in [7, 11) is 1.64. The van der Waals surface area contributed by atoms with Gasteiger partial charge in [-0.1, -0.05) is 42.5 Å². The topological polar surface area (TPSA) is 66.2 Å². The second kappa shape index (κ2) is 10.1. The summed E-state index contributed by atoms with van der Waals surface area (Å²) in [5, 5.41) is 2.75. The highest BCUT2D eigenvalue weighted by Crippen LogP contribution is 2.28. The van der Waals surface area contributed by atoms with Crippen molar-refractivity contribution in [3.8, 4) is 16.3 Å². The van der Waals surface area contributed by atoms with Crippen molar-refractivity contribution in [3.63, 3.8) is 0 Å². The van der Waals surface area contributed by atoms with Crippen LogP contribution in [0.1, 0.15) is 24.0 Å². The summed E-state index contributed by atoms with van der Waals surface area (Å²) in [5.41, 5.74) is 3.11. The number of hydrogen-bond acceptors (Lipinski definition) is 6. The van der Waals surface area contributed by atoms with Gasteiger partial charge in [0.1, 0.15) is 22.2 Å². The first-order valence-corrected chi connectivity index (χ1v) is 11.1. The molecular formula is C25H23N3O3S. The van der Waals surface area contributed by atoms with Crippen LogP contribution in [0.15, 0.2) is 72.4 Å². The highest BCUT2D eigenvalue weighted by atomic mass is 32.1. The van der Waals surface area contributed by atoms with Crippen LogP contribution < -0.4 is 4.74 Å². The quantitative estimate of drug-likeness (QED) is 0.277. The van der Waals surface area contributed by atoms with Gasteiger partial charge in [0.15, 0.2) is 0 Å². The van der Waals surface area contributed by atoms with E-state index in [2.05, 4.69) is 4.98 Å². The number of carbonyl (C=O) groups excluding carboxylic acids is 1. The minimum atomic E-state index is -0.427. The molecule has 2 heterocycles. The molecule has 0 radical (unpaired) electrons. The van der Waals surface area contributed by atoms with E-state index in [0.29, 0.717) is 23.6 Å². The lowest BCUT2D eigenvalue weighted by Gasteiger charge is -2.10. The van der Waals surface area contributed by atoms with Gasteiger partial charge in [-0.3, -0.25) is 0 Å². The summed E-state index contributed by atoms with van der Waals surface area (Å²) in [5.74, 6) is 0.886. The second-order valence-electron chi connectivity index (χ2n) is 6.95. The number of imidazole rings is 1. The first-order chi connectivity index (χ1) is 15.7. The van der Waals surface area contributed by atoms with Crippen molar-refractivity contribution in [3.05, 3.63) is 89.5 Å². The number of nitrogens with zero attached hydrogens (tertiary/aromatic N) is 3. The maximum Gasteiger partial charge on any atom is 0.341 e. The maximum atomic E-state index is 12.8. The van der Waals surface area contributed by atoms with E-state index < -0.39 is 5.97 Å². The molecule has 0 bridgehead atoms. The Labute approximate surface area is 190 Å². The first-order valence-electron chi connectivity index (χ1n) is 10.2. The number of aromatic nitrogens is 3. The fourth-order valence-corrected chi connectivity index (χ4v) is 4.05. The number of benzene rings is 2. The molecule has 2 aromatic carbocycles. The van der Waals surface area contributed by atoms with E-state index in [1.54, 1.807) is 26.3 Å². The molecule has 0 spiro atoms. The van der Waals surface area contributed by atoms with Crippen LogP contribution in [0.2, 0.25) is 0 Å². The standard InChI is InChI=1S/C25H23N3O3S/c1-3-31-25(29)22(23-26-12-13-28(23)16-18-8-5-4-6-9-18)15-20-17-32-24(27-20)19-10-7-11-21(14-19)30-2/h4-15,17H,3,16H2,1-2H3. The lowest BCUT2D eigenvalue weighted by atomic mass is 10.2. The zero-order valence-corrected chi connectivity index (χ0v) is 18.7. The third-order valence-electron chi connectivity index (χ3n) is 4.78. The summed E-state index contributed by atoms with van der Waals surface area (Å²) in [6.45, 7) is 2.66. The van der Waals surface area contributed by atoms with Crippen LogP contribution in [0.3, 0.4) is 0 Å². The van der Waals surface area contributed by atoms with E-state index in [1.807, 2.05) is 70.7 Å². The third-order valence-corrected chi connectivity index (χ3v) is 5.69. The van der Waals surface area contributed by atoms with E-state index in [-0.39, 0.29) is 6.61 Å². The molecule has 4 rings (SSSR count). The Morgan fingerprint density at radius 2 is 2.00 bits per heavy atom. The van der Waals surface area contributed by atoms with E-state index in [4.69, 9.17) is 14.5 Å². The van der Waals surface area contributed by atoms with Crippen molar-refractivity contribution in [2.75, 3.05) is 13.7 Å². The minimum absolute atomic E-state index is 0.279. The van der Waals surface area contributed by atoms with Crippen LogP contribution in [0.5, 0.6) is 5.75 Å². The van der Waals surface area contributed by atoms with Crippen molar-refractivity contribution in [2.24, 2.45) is 0 Å². The van der Waals surface area contributed by atoms with E-state index >= 15 is 0 Å². The zero-order chi connectivity index (χ0) is 22.3. The second-order valence-corrected chi connectivity index (χ2v) is 7.81. The van der Waals surface area contributed by atoms with Gasteiger partial charge in [0.05, 0.1) is 19.4 Å². The molecule has 6 nitrogen and oxygen atoms in total. The molecule has 7 heteroatoms. The Morgan fingerprint density at radius 3 is 2.78 bits per heavy atom. The van der Waals surface area contributed by atoms with E-state index in [9.17, 15) is 4.79 Å². The minimum Gasteiger partial charge on any atom is -0.497 e. The lowest BCUT2D eigenvalue weighted by molar-refractivity contribution is -0.136. The van der Waals surface area contributed by atoms with Gasteiger partial charge in [-0.15, -0.1) is 11.3 Å². The zero-order valence-electron chi connectivity index (χ0n) is 17.9. The van der Waals surface area contributed by atoms with Crippen molar-refractivity contribution in [1.82, 2.24) is 14.5 Å². The van der Waals surface area contributed by atoms with Gasteiger partial charge < -0.3 is 14.0 Å². The van der Waals surface area contributed by atoms with Gasteiger partial charge in [-0.2, -0.15) is 0 Å². The predicted octanol–water partition coefficient (Wildman–Crippen LogP) is 5.17. The molecule has 0 aliphatic heterocycles. The van der Waals surface area contributed by atoms with Crippen molar-refractivity contribution < 1.29 is 14.3 Å². The molecule has 2 aromatic heterocycles. The third kappa shape index (κ3) is 4.95. The maximum absolute atomic E-state index is 12.8. The number of methoxy groups -OCH3 is 1. The number of thiazole rings is 1. The van der Waals surface area contributed by atoms with E-state index in [1.165, 1.54) is 11.3 Å². The summed E-state index contributed by atoms with van der Waals surface area (Å²) < 4.78 is 12.6. The van der Waals surface area contributed by atoms with Crippen molar-refractivity contribution in [1.29, 1.82) is 0 Å². The number of ether oxygens (including phenoxy) is 2. The summed E-state index contributed by atoms with van der Waals surface area (Å²) in [6.07, 6.45) is 5.29. The SMILES string of the molecule is CCOC(=O)C(=Cc1csc(-c2cccc(OC)c2)n1)c1nccn1Cc1ccccc1. The fourth-order valence-electron chi connectivity index (χ4n) is 3.27. The molecule has 0 unspecified atom stereocenters. The molecule has 0 fully saturated rings. The van der Waals surface area contributed by atoms with Crippen LogP contribution in [-0.4, -0.2) is 34.2 Å². The average molecular weight is 446 g/mol. The Hall–Kier alpha value is -3.71. The molecule has 4 aromatic rings. The Balaban J connectivity index is 1.69. The van der Waals surface area contributed by atoms with Crippen LogP contribution in [0.25, 0.3) is 22.2 Å². The number of carbonyl (C=O) groups is 1. The highest BCUT2D eigenvalue weighted by Gasteiger charge is 2.20. The van der Waals surface area contributed by atoms with Crippen LogP contribution >= 0.6 is 11.3 Å². The number of hydrogen-bond donors (Lipinski definition) is 0. The van der Waals surface area contributed by atoms with Gasteiger partial charge in [0.2, 0.25) is 0 Å². The molecule has 0 saturated carbocycles. The molecule has 0 aliphatic carbocycles. The largest absolute Gasteiger partial charge is 0.497 e. The van der Waals surface area contributed by atoms with Gasteiger partial charge in [0.25, 0.3) is 0 Å². The summed E-state index contributed by atoms with van der Waals surface area (Å²) >= 11 is 1.50. The highest BCUT2D eigenvalue weighted by molar-refractivity contribution is 7.13. The van der Waals surface area contributed by atoms with E-state index in [0.717, 1.165) is 21.9 Å². The fraction of sp³-hybridized carbons (Fsp3) is 0.160. The molecular weight excluding hydrogens is 422 g/mol. The van der Waals surface area contributed by atoms with Crippen LogP contribution in [0, 0.1) is 0 Å².